The number of ether oxygens (including phenoxy) is 1. The van der Waals surface area contributed by atoms with E-state index in [1.54, 1.807) is 17.0 Å². The van der Waals surface area contributed by atoms with Gasteiger partial charge < -0.3 is 14.1 Å². The van der Waals surface area contributed by atoms with Gasteiger partial charge in [0.25, 0.3) is 5.91 Å². The van der Waals surface area contributed by atoms with Crippen LogP contribution in [0.3, 0.4) is 0 Å². The molecule has 0 unspecified atom stereocenters. The van der Waals surface area contributed by atoms with Gasteiger partial charge in [0.15, 0.2) is 16.8 Å². The SMILES string of the molecule is O=C(C[C@@H]1COCCN1C(=O)c1ccc(Cl)o1)c1ccccc1. The lowest BCUT2D eigenvalue weighted by molar-refractivity contribution is -0.00430. The van der Waals surface area contributed by atoms with Gasteiger partial charge in [0.05, 0.1) is 19.3 Å². The van der Waals surface area contributed by atoms with E-state index in [0.29, 0.717) is 25.3 Å². The third kappa shape index (κ3) is 3.63. The van der Waals surface area contributed by atoms with Crippen LogP contribution in [0, 0.1) is 0 Å². The molecule has 0 radical (unpaired) electrons. The van der Waals surface area contributed by atoms with Gasteiger partial charge in [-0.1, -0.05) is 30.3 Å². The van der Waals surface area contributed by atoms with Gasteiger partial charge in [-0.05, 0) is 23.7 Å². The zero-order chi connectivity index (χ0) is 16.2. The van der Waals surface area contributed by atoms with Gasteiger partial charge in [-0.25, -0.2) is 0 Å². The Kier molecular flexibility index (Phi) is 4.79. The molecule has 1 fully saturated rings. The number of carbonyl (C=O) groups is 2. The normalized spacial score (nSPS) is 18.0. The number of rotatable bonds is 4. The van der Waals surface area contributed by atoms with E-state index >= 15 is 0 Å². The third-order valence-corrected chi connectivity index (χ3v) is 3.99. The average molecular weight is 334 g/mol. The predicted octanol–water partition coefficient (Wildman–Crippen LogP) is 3.05. The summed E-state index contributed by atoms with van der Waals surface area (Å²) in [6.45, 7) is 1.19. The molecule has 0 bridgehead atoms. The van der Waals surface area contributed by atoms with E-state index < -0.39 is 0 Å². The zero-order valence-corrected chi connectivity index (χ0v) is 13.2. The van der Waals surface area contributed by atoms with E-state index in [1.165, 1.54) is 12.1 Å². The van der Waals surface area contributed by atoms with Crippen molar-refractivity contribution in [2.75, 3.05) is 19.8 Å². The Labute approximate surface area is 138 Å². The van der Waals surface area contributed by atoms with Crippen molar-refractivity contribution in [2.24, 2.45) is 0 Å². The van der Waals surface area contributed by atoms with Crippen molar-refractivity contribution in [3.8, 4) is 0 Å². The van der Waals surface area contributed by atoms with Crippen LogP contribution in [0.5, 0.6) is 0 Å². The smallest absolute Gasteiger partial charge is 0.290 e. The van der Waals surface area contributed by atoms with Crippen molar-refractivity contribution in [1.82, 2.24) is 4.90 Å². The highest BCUT2D eigenvalue weighted by Gasteiger charge is 2.31. The molecule has 1 amide bonds. The maximum absolute atomic E-state index is 12.5. The number of benzene rings is 1. The average Bonchev–Trinajstić information content (AvgIpc) is 3.02. The summed E-state index contributed by atoms with van der Waals surface area (Å²) < 4.78 is 10.6. The number of furan rings is 1. The summed E-state index contributed by atoms with van der Waals surface area (Å²) in [4.78, 5) is 26.6. The van der Waals surface area contributed by atoms with Gasteiger partial charge in [0, 0.05) is 18.5 Å². The highest BCUT2D eigenvalue weighted by molar-refractivity contribution is 6.29. The Hall–Kier alpha value is -2.11. The van der Waals surface area contributed by atoms with Crippen LogP contribution < -0.4 is 0 Å². The largest absolute Gasteiger partial charge is 0.440 e. The first-order valence-electron chi connectivity index (χ1n) is 7.37. The fraction of sp³-hybridized carbons (Fsp3) is 0.294. The van der Waals surface area contributed by atoms with Crippen LogP contribution in [-0.4, -0.2) is 42.4 Å². The van der Waals surface area contributed by atoms with Gasteiger partial charge in [0.1, 0.15) is 0 Å². The molecule has 0 N–H and O–H groups in total. The Balaban J connectivity index is 1.74. The minimum Gasteiger partial charge on any atom is -0.440 e. The van der Waals surface area contributed by atoms with Crippen LogP contribution >= 0.6 is 11.6 Å². The minimum atomic E-state index is -0.312. The Bertz CT molecular complexity index is 698. The lowest BCUT2D eigenvalue weighted by atomic mass is 10.0. The molecular weight excluding hydrogens is 318 g/mol. The second-order valence-electron chi connectivity index (χ2n) is 5.32. The number of ketones is 1. The summed E-state index contributed by atoms with van der Waals surface area (Å²) >= 11 is 5.73. The monoisotopic (exact) mass is 333 g/mol. The quantitative estimate of drug-likeness (QED) is 0.807. The van der Waals surface area contributed by atoms with Crippen LogP contribution in [-0.2, 0) is 4.74 Å². The van der Waals surface area contributed by atoms with Crippen molar-refractivity contribution >= 4 is 23.3 Å². The van der Waals surface area contributed by atoms with Gasteiger partial charge in [-0.2, -0.15) is 0 Å². The van der Waals surface area contributed by atoms with Gasteiger partial charge in [-0.3, -0.25) is 9.59 Å². The van der Waals surface area contributed by atoms with E-state index in [2.05, 4.69) is 0 Å². The van der Waals surface area contributed by atoms with E-state index in [1.807, 2.05) is 18.2 Å². The van der Waals surface area contributed by atoms with Crippen molar-refractivity contribution in [1.29, 1.82) is 0 Å². The predicted molar refractivity (Wildman–Crippen MR) is 84.8 cm³/mol. The lowest BCUT2D eigenvalue weighted by Crippen LogP contribution is -2.49. The molecule has 120 valence electrons. The highest BCUT2D eigenvalue weighted by atomic mass is 35.5. The number of hydrogen-bond donors (Lipinski definition) is 0. The highest BCUT2D eigenvalue weighted by Crippen LogP contribution is 2.20. The number of Topliss-reactive ketones (excluding diaryl/α,β-unsaturated/α-hetero) is 1. The summed E-state index contributed by atoms with van der Waals surface area (Å²) in [5, 5.41) is 0.165. The minimum absolute atomic E-state index is 0.0172. The molecule has 5 nitrogen and oxygen atoms in total. The van der Waals surface area contributed by atoms with E-state index in [4.69, 9.17) is 20.8 Å². The molecule has 1 aromatic heterocycles. The molecule has 1 aromatic carbocycles. The van der Waals surface area contributed by atoms with E-state index in [9.17, 15) is 9.59 Å². The standard InChI is InChI=1S/C17H16ClNO4/c18-16-7-6-15(23-16)17(21)19-8-9-22-11-13(19)10-14(20)12-4-2-1-3-5-12/h1-7,13H,8-11H2/t13-/m1/s1. The number of nitrogens with zero attached hydrogens (tertiary/aromatic N) is 1. The molecule has 23 heavy (non-hydrogen) atoms. The molecule has 1 atom stereocenters. The first kappa shape index (κ1) is 15.8. The summed E-state index contributed by atoms with van der Waals surface area (Å²) in [6, 6.07) is 11.8. The topological polar surface area (TPSA) is 59.8 Å². The molecule has 2 aromatic rings. The summed E-state index contributed by atoms with van der Waals surface area (Å²) in [7, 11) is 0. The fourth-order valence-electron chi connectivity index (χ4n) is 2.62. The first-order valence-corrected chi connectivity index (χ1v) is 7.75. The number of morpholine rings is 1. The number of halogens is 1. The molecule has 0 saturated carbocycles. The summed E-state index contributed by atoms with van der Waals surface area (Å²) in [5.41, 5.74) is 0.631. The molecule has 0 aliphatic carbocycles. The summed E-state index contributed by atoms with van der Waals surface area (Å²) in [6.07, 6.45) is 0.212. The molecule has 1 aliphatic rings. The molecule has 3 rings (SSSR count). The number of amides is 1. The molecular formula is C17H16ClNO4. The molecule has 1 aliphatic heterocycles. The fourth-order valence-corrected chi connectivity index (χ4v) is 2.76. The molecule has 6 heteroatoms. The van der Waals surface area contributed by atoms with Crippen LogP contribution in [0.1, 0.15) is 27.3 Å². The van der Waals surface area contributed by atoms with E-state index in [-0.39, 0.29) is 35.1 Å². The van der Waals surface area contributed by atoms with Crippen molar-refractivity contribution in [3.63, 3.8) is 0 Å². The van der Waals surface area contributed by atoms with Gasteiger partial charge in [0.2, 0.25) is 0 Å². The van der Waals surface area contributed by atoms with Crippen molar-refractivity contribution < 1.29 is 18.7 Å². The zero-order valence-electron chi connectivity index (χ0n) is 12.4. The van der Waals surface area contributed by atoms with Crippen LogP contribution in [0.15, 0.2) is 46.9 Å². The van der Waals surface area contributed by atoms with Gasteiger partial charge >= 0.3 is 0 Å². The van der Waals surface area contributed by atoms with Crippen molar-refractivity contribution in [2.45, 2.75) is 12.5 Å². The first-order chi connectivity index (χ1) is 11.1. The third-order valence-electron chi connectivity index (χ3n) is 3.79. The molecule has 2 heterocycles. The maximum Gasteiger partial charge on any atom is 0.290 e. The van der Waals surface area contributed by atoms with Crippen LogP contribution in [0.25, 0.3) is 0 Å². The van der Waals surface area contributed by atoms with Crippen molar-refractivity contribution in [3.05, 3.63) is 59.0 Å². The van der Waals surface area contributed by atoms with Crippen LogP contribution in [0.4, 0.5) is 0 Å². The van der Waals surface area contributed by atoms with Crippen LogP contribution in [0.2, 0.25) is 5.22 Å². The van der Waals surface area contributed by atoms with Gasteiger partial charge in [-0.15, -0.1) is 0 Å². The summed E-state index contributed by atoms with van der Waals surface area (Å²) in [5.74, 6) is -0.114. The second-order valence-corrected chi connectivity index (χ2v) is 5.70. The number of carbonyl (C=O) groups excluding carboxylic acids is 2. The maximum atomic E-state index is 12.5. The molecule has 0 spiro atoms. The Morgan fingerprint density at radius 1 is 1.17 bits per heavy atom. The number of hydrogen-bond acceptors (Lipinski definition) is 4. The van der Waals surface area contributed by atoms with E-state index in [0.717, 1.165) is 0 Å². The Morgan fingerprint density at radius 3 is 2.65 bits per heavy atom. The molecule has 1 saturated heterocycles. The lowest BCUT2D eigenvalue weighted by Gasteiger charge is -2.34. The second kappa shape index (κ2) is 6.98. The Morgan fingerprint density at radius 2 is 1.96 bits per heavy atom.